The first-order chi connectivity index (χ1) is 9.97. The predicted molar refractivity (Wildman–Crippen MR) is 87.7 cm³/mol. The molecule has 112 valence electrons. The van der Waals surface area contributed by atoms with E-state index in [0.717, 1.165) is 16.6 Å². The van der Waals surface area contributed by atoms with Gasteiger partial charge in [-0.25, -0.2) is 4.98 Å². The monoisotopic (exact) mass is 285 g/mol. The topological polar surface area (TPSA) is 45.2 Å². The lowest BCUT2D eigenvalue weighted by Gasteiger charge is -2.28. The van der Waals surface area contributed by atoms with E-state index in [4.69, 9.17) is 0 Å². The number of pyridine rings is 1. The van der Waals surface area contributed by atoms with E-state index in [9.17, 15) is 4.79 Å². The Hall–Kier alpha value is -2.10. The second kappa shape index (κ2) is 6.12. The molecule has 0 spiro atoms. The van der Waals surface area contributed by atoms with Crippen molar-refractivity contribution < 1.29 is 4.79 Å². The average molecular weight is 285 g/mol. The fraction of sp³-hybridized carbons (Fsp3) is 0.412. The van der Waals surface area contributed by atoms with Gasteiger partial charge in [-0.2, -0.15) is 0 Å². The van der Waals surface area contributed by atoms with E-state index in [1.54, 1.807) is 11.1 Å². The van der Waals surface area contributed by atoms with Crippen LogP contribution >= 0.6 is 0 Å². The molecule has 0 bridgehead atoms. The fourth-order valence-corrected chi connectivity index (χ4v) is 2.38. The van der Waals surface area contributed by atoms with Crippen molar-refractivity contribution in [2.24, 2.45) is 5.92 Å². The SMILES string of the molecule is CNc1ncc(C(=O)N(C)C(C)C(C)C)c2ccccc12. The highest BCUT2D eigenvalue weighted by molar-refractivity contribution is 6.09. The van der Waals surface area contributed by atoms with Crippen molar-refractivity contribution in [2.45, 2.75) is 26.8 Å². The minimum Gasteiger partial charge on any atom is -0.373 e. The zero-order valence-corrected chi connectivity index (χ0v) is 13.3. The molecular weight excluding hydrogens is 262 g/mol. The zero-order valence-electron chi connectivity index (χ0n) is 13.3. The molecule has 0 fully saturated rings. The minimum absolute atomic E-state index is 0.0163. The number of hydrogen-bond acceptors (Lipinski definition) is 3. The van der Waals surface area contributed by atoms with E-state index < -0.39 is 0 Å². The van der Waals surface area contributed by atoms with Crippen molar-refractivity contribution in [1.82, 2.24) is 9.88 Å². The van der Waals surface area contributed by atoms with Gasteiger partial charge in [0.2, 0.25) is 0 Å². The molecule has 0 aliphatic carbocycles. The molecule has 4 heteroatoms. The lowest BCUT2D eigenvalue weighted by molar-refractivity contribution is 0.0709. The zero-order chi connectivity index (χ0) is 15.6. The summed E-state index contributed by atoms with van der Waals surface area (Å²) in [5.74, 6) is 1.22. The van der Waals surface area contributed by atoms with E-state index in [0.29, 0.717) is 11.5 Å². The van der Waals surface area contributed by atoms with Crippen LogP contribution in [-0.4, -0.2) is 35.9 Å². The highest BCUT2D eigenvalue weighted by Crippen LogP contribution is 2.25. The molecule has 1 aromatic carbocycles. The van der Waals surface area contributed by atoms with Gasteiger partial charge in [-0.3, -0.25) is 4.79 Å². The van der Waals surface area contributed by atoms with Gasteiger partial charge in [0.1, 0.15) is 5.82 Å². The number of fused-ring (bicyclic) bond motifs is 1. The van der Waals surface area contributed by atoms with Crippen molar-refractivity contribution in [1.29, 1.82) is 0 Å². The maximum absolute atomic E-state index is 12.8. The van der Waals surface area contributed by atoms with Crippen molar-refractivity contribution in [3.8, 4) is 0 Å². The lowest BCUT2D eigenvalue weighted by Crippen LogP contribution is -2.38. The second-order valence-corrected chi connectivity index (χ2v) is 5.72. The smallest absolute Gasteiger partial charge is 0.256 e. The highest BCUT2D eigenvalue weighted by Gasteiger charge is 2.22. The first kappa shape index (κ1) is 15.3. The van der Waals surface area contributed by atoms with Crippen LogP contribution in [-0.2, 0) is 0 Å². The summed E-state index contributed by atoms with van der Waals surface area (Å²) in [5.41, 5.74) is 0.652. The quantitative estimate of drug-likeness (QED) is 0.936. The Labute approximate surface area is 126 Å². The van der Waals surface area contributed by atoms with Gasteiger partial charge >= 0.3 is 0 Å². The van der Waals surface area contributed by atoms with Crippen molar-refractivity contribution in [2.75, 3.05) is 19.4 Å². The van der Waals surface area contributed by atoms with Gasteiger partial charge in [0.25, 0.3) is 5.91 Å². The number of benzene rings is 1. The molecule has 0 saturated carbocycles. The van der Waals surface area contributed by atoms with Crippen LogP contribution < -0.4 is 5.32 Å². The fourth-order valence-electron chi connectivity index (χ4n) is 2.38. The summed E-state index contributed by atoms with van der Waals surface area (Å²) in [6, 6.07) is 8.04. The van der Waals surface area contributed by atoms with Gasteiger partial charge in [0.05, 0.1) is 5.56 Å². The number of carbonyl (C=O) groups is 1. The number of anilines is 1. The third-order valence-corrected chi connectivity index (χ3v) is 4.16. The van der Waals surface area contributed by atoms with Gasteiger partial charge in [-0.1, -0.05) is 38.1 Å². The van der Waals surface area contributed by atoms with Crippen LogP contribution in [0, 0.1) is 5.92 Å². The first-order valence-electron chi connectivity index (χ1n) is 7.30. The number of carbonyl (C=O) groups excluding carboxylic acids is 1. The van der Waals surface area contributed by atoms with Gasteiger partial charge in [0.15, 0.2) is 0 Å². The molecule has 0 aliphatic heterocycles. The number of amides is 1. The Bertz CT molecular complexity index is 652. The first-order valence-corrected chi connectivity index (χ1v) is 7.30. The minimum atomic E-state index is 0.0163. The van der Waals surface area contributed by atoms with Crippen LogP contribution in [0.1, 0.15) is 31.1 Å². The van der Waals surface area contributed by atoms with Gasteiger partial charge in [-0.15, -0.1) is 0 Å². The number of rotatable bonds is 4. The Kier molecular flexibility index (Phi) is 4.46. The largest absolute Gasteiger partial charge is 0.373 e. The maximum atomic E-state index is 12.8. The standard InChI is InChI=1S/C17H23N3O/c1-11(2)12(3)20(5)17(21)15-10-19-16(18-4)14-9-7-6-8-13(14)15/h6-12H,1-5H3,(H,18,19). The van der Waals surface area contributed by atoms with Gasteiger partial charge in [-0.05, 0) is 18.2 Å². The molecule has 1 N–H and O–H groups in total. The molecule has 4 nitrogen and oxygen atoms in total. The van der Waals surface area contributed by atoms with E-state index >= 15 is 0 Å². The summed E-state index contributed by atoms with van der Waals surface area (Å²) in [4.78, 5) is 18.9. The van der Waals surface area contributed by atoms with Gasteiger partial charge in [0, 0.05) is 31.7 Å². The molecule has 1 aromatic heterocycles. The Morgan fingerprint density at radius 1 is 1.19 bits per heavy atom. The van der Waals surface area contributed by atoms with Crippen LogP contribution in [0.5, 0.6) is 0 Å². The van der Waals surface area contributed by atoms with Gasteiger partial charge < -0.3 is 10.2 Å². The molecule has 1 heterocycles. The van der Waals surface area contributed by atoms with Crippen LogP contribution in [0.3, 0.4) is 0 Å². The lowest BCUT2D eigenvalue weighted by atomic mass is 10.0. The van der Waals surface area contributed by atoms with Crippen LogP contribution in [0.4, 0.5) is 5.82 Å². The molecule has 0 radical (unpaired) electrons. The predicted octanol–water partition coefficient (Wildman–Crippen LogP) is 3.39. The van der Waals surface area contributed by atoms with E-state index in [2.05, 4.69) is 31.1 Å². The summed E-state index contributed by atoms with van der Waals surface area (Å²) < 4.78 is 0. The van der Waals surface area contributed by atoms with Crippen molar-refractivity contribution in [3.05, 3.63) is 36.0 Å². The van der Waals surface area contributed by atoms with E-state index in [1.807, 2.05) is 38.4 Å². The molecule has 1 atom stereocenters. The molecule has 0 aliphatic rings. The Balaban J connectivity index is 2.50. The van der Waals surface area contributed by atoms with Crippen LogP contribution in [0.2, 0.25) is 0 Å². The number of aromatic nitrogens is 1. The van der Waals surface area contributed by atoms with Crippen LogP contribution in [0.25, 0.3) is 10.8 Å². The summed E-state index contributed by atoms with van der Waals surface area (Å²) in [6.45, 7) is 6.31. The van der Waals surface area contributed by atoms with Crippen molar-refractivity contribution in [3.63, 3.8) is 0 Å². The Morgan fingerprint density at radius 3 is 2.38 bits per heavy atom. The van der Waals surface area contributed by atoms with E-state index in [-0.39, 0.29) is 11.9 Å². The third kappa shape index (κ3) is 2.84. The summed E-state index contributed by atoms with van der Waals surface area (Å²) >= 11 is 0. The molecule has 2 aromatic rings. The Morgan fingerprint density at radius 2 is 1.81 bits per heavy atom. The second-order valence-electron chi connectivity index (χ2n) is 5.72. The normalized spacial score (nSPS) is 12.5. The number of hydrogen-bond donors (Lipinski definition) is 1. The van der Waals surface area contributed by atoms with Crippen LogP contribution in [0.15, 0.2) is 30.5 Å². The average Bonchev–Trinajstić information content (AvgIpc) is 2.51. The summed E-state index contributed by atoms with van der Waals surface area (Å²) in [7, 11) is 3.69. The third-order valence-electron chi connectivity index (χ3n) is 4.16. The highest BCUT2D eigenvalue weighted by atomic mass is 16.2. The molecule has 1 amide bonds. The summed E-state index contributed by atoms with van der Waals surface area (Å²) in [5, 5.41) is 4.97. The maximum Gasteiger partial charge on any atom is 0.256 e. The van der Waals surface area contributed by atoms with E-state index in [1.165, 1.54) is 0 Å². The molecule has 21 heavy (non-hydrogen) atoms. The molecule has 2 rings (SSSR count). The summed E-state index contributed by atoms with van der Waals surface area (Å²) in [6.07, 6.45) is 1.67. The number of nitrogens with zero attached hydrogens (tertiary/aromatic N) is 2. The van der Waals surface area contributed by atoms with Crippen molar-refractivity contribution >= 4 is 22.5 Å². The molecule has 0 saturated heterocycles. The number of nitrogens with one attached hydrogen (secondary N) is 1. The molecular formula is C17H23N3O. The molecule has 1 unspecified atom stereocenters.